The van der Waals surface area contributed by atoms with E-state index in [1.165, 1.54) is 5.56 Å². The van der Waals surface area contributed by atoms with Gasteiger partial charge in [-0.2, -0.15) is 0 Å². The van der Waals surface area contributed by atoms with Gasteiger partial charge in [0, 0.05) is 79.7 Å². The van der Waals surface area contributed by atoms with E-state index in [-0.39, 0.29) is 17.8 Å². The molecule has 0 amide bonds. The van der Waals surface area contributed by atoms with Gasteiger partial charge in [0.25, 0.3) is 0 Å². The Morgan fingerprint density at radius 2 is 1.92 bits per heavy atom. The molecule has 3 heterocycles. The van der Waals surface area contributed by atoms with E-state index >= 15 is 0 Å². The first kappa shape index (κ1) is 25.7. The molecule has 36 heavy (non-hydrogen) atoms. The summed E-state index contributed by atoms with van der Waals surface area (Å²) < 4.78 is 2.07. The lowest BCUT2D eigenvalue weighted by molar-refractivity contribution is 0.158. The van der Waals surface area contributed by atoms with Gasteiger partial charge in [-0.25, -0.2) is 0 Å². The van der Waals surface area contributed by atoms with E-state index in [0.717, 1.165) is 66.0 Å². The predicted molar refractivity (Wildman–Crippen MR) is 151 cm³/mol. The van der Waals surface area contributed by atoms with Crippen LogP contribution in [0.25, 0.3) is 10.9 Å². The van der Waals surface area contributed by atoms with Crippen LogP contribution < -0.4 is 16.1 Å². The number of aryl methyl sites for hydroxylation is 2. The second kappa shape index (κ2) is 11.1. The number of hydrogen-bond acceptors (Lipinski definition) is 5. The van der Waals surface area contributed by atoms with Crippen molar-refractivity contribution >= 4 is 34.7 Å². The predicted octanol–water partition coefficient (Wildman–Crippen LogP) is 4.92. The summed E-state index contributed by atoms with van der Waals surface area (Å²) in [5.41, 5.74) is 12.2. The van der Waals surface area contributed by atoms with Crippen LogP contribution in [-0.4, -0.2) is 33.6 Å². The van der Waals surface area contributed by atoms with Crippen LogP contribution in [0, 0.1) is 6.92 Å². The highest BCUT2D eigenvalue weighted by Crippen LogP contribution is 2.26. The summed E-state index contributed by atoms with van der Waals surface area (Å²) in [4.78, 5) is 22.7. The zero-order chi connectivity index (χ0) is 24.4. The number of pyridine rings is 2. The first-order chi connectivity index (χ1) is 17.0. The summed E-state index contributed by atoms with van der Waals surface area (Å²) in [5, 5.41) is 0.775. The Morgan fingerprint density at radius 3 is 2.72 bits per heavy atom. The van der Waals surface area contributed by atoms with E-state index in [4.69, 9.17) is 5.73 Å². The van der Waals surface area contributed by atoms with E-state index < -0.39 is 0 Å². The molecule has 1 aliphatic rings. The lowest BCUT2D eigenvalue weighted by Crippen LogP contribution is -2.48. The number of piperidine rings is 1. The molecule has 5 rings (SSSR count). The summed E-state index contributed by atoms with van der Waals surface area (Å²) in [6.45, 7) is 5.32. The first-order valence-corrected chi connectivity index (χ1v) is 12.3. The molecule has 0 aliphatic carbocycles. The molecule has 188 valence electrons. The Labute approximate surface area is 218 Å². The molecule has 1 fully saturated rings. The normalized spacial score (nSPS) is 15.8. The van der Waals surface area contributed by atoms with Crippen molar-refractivity contribution in [2.75, 3.05) is 23.7 Å². The number of hydrogen-bond donors (Lipinski definition) is 1. The number of halogens is 1. The monoisotopic (exact) mass is 503 g/mol. The van der Waals surface area contributed by atoms with E-state index in [1.54, 1.807) is 0 Å². The summed E-state index contributed by atoms with van der Waals surface area (Å²) in [7, 11) is 2.02. The van der Waals surface area contributed by atoms with Crippen molar-refractivity contribution in [2.24, 2.45) is 7.05 Å². The third-order valence-electron chi connectivity index (χ3n) is 7.04. The fraction of sp³-hybridized carbons (Fsp3) is 0.310. The van der Waals surface area contributed by atoms with E-state index in [1.807, 2.05) is 62.8 Å². The van der Waals surface area contributed by atoms with Crippen LogP contribution in [0.5, 0.6) is 0 Å². The molecule has 2 aromatic carbocycles. The van der Waals surface area contributed by atoms with Crippen LogP contribution in [0.15, 0.2) is 77.9 Å². The maximum absolute atomic E-state index is 13.5. The van der Waals surface area contributed by atoms with Gasteiger partial charge >= 0.3 is 0 Å². The van der Waals surface area contributed by atoms with Crippen molar-refractivity contribution in [3.8, 4) is 0 Å². The standard InChI is InChI=1S/C29H33N5O.ClH/c1-21-15-22(12-13-31-21)17-34(19-23-18-32(2)28-11-4-3-10-27(28)29(23)35)26-9-6-14-33(20-26)25-8-5-7-24(30)16-25;/h3-5,7-8,10-13,15-16,18,26H,6,9,14,17,19-20,30H2,1-2H3;1H/t26-;/m0./s1. The zero-order valence-corrected chi connectivity index (χ0v) is 21.7. The molecule has 7 heteroatoms. The Hall–Kier alpha value is -3.35. The summed E-state index contributed by atoms with van der Waals surface area (Å²) in [5.74, 6) is 0. The molecular formula is C29H34ClN5O. The quantitative estimate of drug-likeness (QED) is 0.378. The molecule has 1 aliphatic heterocycles. The summed E-state index contributed by atoms with van der Waals surface area (Å²) in [6.07, 6.45) is 6.07. The average molecular weight is 504 g/mol. The molecule has 1 atom stereocenters. The third kappa shape index (κ3) is 5.55. The summed E-state index contributed by atoms with van der Waals surface area (Å²) >= 11 is 0. The number of benzene rings is 2. The topological polar surface area (TPSA) is 67.4 Å². The van der Waals surface area contributed by atoms with Crippen molar-refractivity contribution < 1.29 is 0 Å². The van der Waals surface area contributed by atoms with Gasteiger partial charge in [0.2, 0.25) is 0 Å². The maximum Gasteiger partial charge on any atom is 0.193 e. The van der Waals surface area contributed by atoms with Gasteiger partial charge in [-0.3, -0.25) is 14.7 Å². The molecule has 0 radical (unpaired) electrons. The highest BCUT2D eigenvalue weighted by atomic mass is 35.5. The Morgan fingerprint density at radius 1 is 1.08 bits per heavy atom. The number of nitrogens with zero attached hydrogens (tertiary/aromatic N) is 4. The minimum absolute atomic E-state index is 0. The first-order valence-electron chi connectivity index (χ1n) is 12.3. The van der Waals surface area contributed by atoms with Crippen LogP contribution >= 0.6 is 12.4 Å². The van der Waals surface area contributed by atoms with Gasteiger partial charge in [-0.15, -0.1) is 12.4 Å². The second-order valence-electron chi connectivity index (χ2n) is 9.66. The van der Waals surface area contributed by atoms with E-state index in [2.05, 4.69) is 43.6 Å². The molecule has 6 nitrogen and oxygen atoms in total. The fourth-order valence-corrected chi connectivity index (χ4v) is 5.30. The number of fused-ring (bicyclic) bond motifs is 1. The summed E-state index contributed by atoms with van der Waals surface area (Å²) in [6, 6.07) is 20.5. The molecular weight excluding hydrogens is 470 g/mol. The Kier molecular flexibility index (Phi) is 7.97. The smallest absolute Gasteiger partial charge is 0.193 e. The highest BCUT2D eigenvalue weighted by molar-refractivity contribution is 5.85. The van der Waals surface area contributed by atoms with Gasteiger partial charge in [0.05, 0.1) is 5.52 Å². The number of rotatable bonds is 6. The molecule has 0 saturated carbocycles. The third-order valence-corrected chi connectivity index (χ3v) is 7.04. The molecule has 4 aromatic rings. The Balaban J connectivity index is 0.00000304. The van der Waals surface area contributed by atoms with E-state index in [0.29, 0.717) is 12.6 Å². The van der Waals surface area contributed by atoms with Crippen LogP contribution in [0.4, 0.5) is 11.4 Å². The fourth-order valence-electron chi connectivity index (χ4n) is 5.30. The van der Waals surface area contributed by atoms with Crippen molar-refractivity contribution in [2.45, 2.75) is 38.9 Å². The van der Waals surface area contributed by atoms with Gasteiger partial charge in [-0.05, 0) is 67.8 Å². The van der Waals surface area contributed by atoms with Crippen molar-refractivity contribution in [1.82, 2.24) is 14.5 Å². The van der Waals surface area contributed by atoms with Crippen molar-refractivity contribution in [3.63, 3.8) is 0 Å². The van der Waals surface area contributed by atoms with Crippen LogP contribution in [0.2, 0.25) is 0 Å². The van der Waals surface area contributed by atoms with E-state index in [9.17, 15) is 4.79 Å². The van der Waals surface area contributed by atoms with Gasteiger partial charge < -0.3 is 15.2 Å². The molecule has 0 bridgehead atoms. The number of para-hydroxylation sites is 1. The minimum atomic E-state index is 0. The lowest BCUT2D eigenvalue weighted by Gasteiger charge is -2.40. The zero-order valence-electron chi connectivity index (χ0n) is 20.9. The SMILES string of the molecule is Cc1cc(CN(Cc2cn(C)c3ccccc3c2=O)[C@H]2CCCN(c3cccc(N)c3)C2)ccn1.Cl. The van der Waals surface area contributed by atoms with Crippen LogP contribution in [-0.2, 0) is 20.1 Å². The number of nitrogens with two attached hydrogens (primary N) is 1. The molecule has 2 aromatic heterocycles. The molecule has 0 spiro atoms. The highest BCUT2D eigenvalue weighted by Gasteiger charge is 2.27. The average Bonchev–Trinajstić information content (AvgIpc) is 2.87. The largest absolute Gasteiger partial charge is 0.399 e. The van der Waals surface area contributed by atoms with Gasteiger partial charge in [0.1, 0.15) is 0 Å². The lowest BCUT2D eigenvalue weighted by atomic mass is 10.0. The molecule has 1 saturated heterocycles. The van der Waals surface area contributed by atoms with Crippen LogP contribution in [0.1, 0.15) is 29.7 Å². The molecule has 2 N–H and O–H groups in total. The minimum Gasteiger partial charge on any atom is -0.399 e. The molecule has 0 unspecified atom stereocenters. The Bertz CT molecular complexity index is 1400. The van der Waals surface area contributed by atoms with Gasteiger partial charge in [-0.1, -0.05) is 18.2 Å². The number of aromatic nitrogens is 2. The number of anilines is 2. The van der Waals surface area contributed by atoms with Crippen molar-refractivity contribution in [1.29, 1.82) is 0 Å². The second-order valence-corrected chi connectivity index (χ2v) is 9.66. The maximum atomic E-state index is 13.5. The number of nitrogen functional groups attached to an aromatic ring is 1. The van der Waals surface area contributed by atoms with Crippen LogP contribution in [0.3, 0.4) is 0 Å². The van der Waals surface area contributed by atoms with Gasteiger partial charge in [0.15, 0.2) is 5.43 Å². The van der Waals surface area contributed by atoms with Crippen molar-refractivity contribution in [3.05, 3.63) is 100 Å².